The van der Waals surface area contributed by atoms with Gasteiger partial charge in [-0.2, -0.15) is 0 Å². The van der Waals surface area contributed by atoms with Gasteiger partial charge in [-0.25, -0.2) is 0 Å². The maximum Gasteiger partial charge on any atom is 0.234 e. The average Bonchev–Trinajstić information content (AvgIpc) is 3.33. The molecule has 0 radical (unpaired) electrons. The Labute approximate surface area is 143 Å². The molecule has 1 heterocycles. The van der Waals surface area contributed by atoms with Gasteiger partial charge in [0.15, 0.2) is 0 Å². The molecular formula is C19H27N3O2. The molecule has 0 atom stereocenters. The van der Waals surface area contributed by atoms with Gasteiger partial charge < -0.3 is 10.6 Å². The summed E-state index contributed by atoms with van der Waals surface area (Å²) >= 11 is 0. The Hall–Kier alpha value is -1.88. The smallest absolute Gasteiger partial charge is 0.234 e. The van der Waals surface area contributed by atoms with Crippen molar-refractivity contribution in [2.45, 2.75) is 51.1 Å². The summed E-state index contributed by atoms with van der Waals surface area (Å²) in [4.78, 5) is 25.9. The molecule has 2 N–H and O–H groups in total. The number of rotatable bonds is 5. The van der Waals surface area contributed by atoms with Crippen LogP contribution < -0.4 is 10.6 Å². The summed E-state index contributed by atoms with van der Waals surface area (Å²) in [5, 5.41) is 6.22. The Morgan fingerprint density at radius 2 is 1.79 bits per heavy atom. The number of amides is 2. The summed E-state index contributed by atoms with van der Waals surface area (Å²) in [6.07, 6.45) is 3.88. The molecule has 1 aliphatic heterocycles. The van der Waals surface area contributed by atoms with E-state index in [0.29, 0.717) is 12.6 Å². The van der Waals surface area contributed by atoms with E-state index >= 15 is 0 Å². The molecule has 2 amide bonds. The first-order valence-electron chi connectivity index (χ1n) is 8.84. The lowest BCUT2D eigenvalue weighted by atomic mass is 9.80. The second-order valence-corrected chi connectivity index (χ2v) is 7.25. The summed E-state index contributed by atoms with van der Waals surface area (Å²) in [6.45, 7) is 5.72. The topological polar surface area (TPSA) is 61.4 Å². The van der Waals surface area contributed by atoms with Crippen LogP contribution in [0.15, 0.2) is 24.3 Å². The number of nitrogens with one attached hydrogen (secondary N) is 2. The minimum absolute atomic E-state index is 0.00417. The highest BCUT2D eigenvalue weighted by Gasteiger charge is 2.37. The van der Waals surface area contributed by atoms with Gasteiger partial charge in [0.1, 0.15) is 0 Å². The van der Waals surface area contributed by atoms with E-state index in [2.05, 4.69) is 46.7 Å². The van der Waals surface area contributed by atoms with Crippen LogP contribution >= 0.6 is 0 Å². The standard InChI is InChI=1S/C19H27N3O2/c1-14-3-5-16(6-4-14)19(21-15(2)23)9-11-22(12-10-19)13-18(24)20-17-7-8-17/h3-6,17H,7-13H2,1-2H3,(H,20,24)(H,21,23). The number of hydrogen-bond acceptors (Lipinski definition) is 3. The zero-order valence-corrected chi connectivity index (χ0v) is 14.6. The van der Waals surface area contributed by atoms with Gasteiger partial charge in [0.2, 0.25) is 11.8 Å². The van der Waals surface area contributed by atoms with Crippen LogP contribution in [-0.2, 0) is 15.1 Å². The van der Waals surface area contributed by atoms with Crippen molar-refractivity contribution in [3.63, 3.8) is 0 Å². The van der Waals surface area contributed by atoms with E-state index in [-0.39, 0.29) is 17.4 Å². The molecule has 0 aromatic heterocycles. The molecule has 1 saturated carbocycles. The lowest BCUT2D eigenvalue weighted by molar-refractivity contribution is -0.124. The minimum atomic E-state index is -0.316. The van der Waals surface area contributed by atoms with Crippen LogP contribution in [0.1, 0.15) is 43.7 Å². The number of benzene rings is 1. The molecular weight excluding hydrogens is 302 g/mol. The summed E-state index contributed by atoms with van der Waals surface area (Å²) in [5.74, 6) is 0.121. The van der Waals surface area contributed by atoms with Crippen LogP contribution in [-0.4, -0.2) is 42.4 Å². The van der Waals surface area contributed by atoms with Crippen molar-refractivity contribution >= 4 is 11.8 Å². The highest BCUT2D eigenvalue weighted by atomic mass is 16.2. The van der Waals surface area contributed by atoms with Gasteiger partial charge in [-0.3, -0.25) is 14.5 Å². The van der Waals surface area contributed by atoms with Crippen molar-refractivity contribution in [3.8, 4) is 0 Å². The van der Waals surface area contributed by atoms with Crippen molar-refractivity contribution in [2.24, 2.45) is 0 Å². The number of nitrogens with zero attached hydrogens (tertiary/aromatic N) is 1. The third kappa shape index (κ3) is 4.15. The van der Waals surface area contributed by atoms with E-state index < -0.39 is 0 Å². The van der Waals surface area contributed by atoms with Crippen molar-refractivity contribution in [3.05, 3.63) is 35.4 Å². The van der Waals surface area contributed by atoms with E-state index in [1.807, 2.05) is 0 Å². The highest BCUT2D eigenvalue weighted by molar-refractivity contribution is 5.78. The lowest BCUT2D eigenvalue weighted by Gasteiger charge is -2.42. The fraction of sp³-hybridized carbons (Fsp3) is 0.579. The molecule has 5 heteroatoms. The Morgan fingerprint density at radius 1 is 1.17 bits per heavy atom. The number of hydrogen-bond donors (Lipinski definition) is 2. The SMILES string of the molecule is CC(=O)NC1(c2ccc(C)cc2)CCN(CC(=O)NC2CC2)CC1. The van der Waals surface area contributed by atoms with Gasteiger partial charge in [0, 0.05) is 26.1 Å². The Morgan fingerprint density at radius 3 is 2.33 bits per heavy atom. The first-order chi connectivity index (χ1) is 11.5. The highest BCUT2D eigenvalue weighted by Crippen LogP contribution is 2.33. The zero-order valence-electron chi connectivity index (χ0n) is 14.6. The molecule has 1 aromatic carbocycles. The predicted molar refractivity (Wildman–Crippen MR) is 93.5 cm³/mol. The number of carbonyl (C=O) groups is 2. The molecule has 130 valence electrons. The zero-order chi connectivity index (χ0) is 17.2. The molecule has 0 unspecified atom stereocenters. The molecule has 5 nitrogen and oxygen atoms in total. The molecule has 0 spiro atoms. The van der Waals surface area contributed by atoms with Crippen LogP contribution in [0, 0.1) is 6.92 Å². The first-order valence-corrected chi connectivity index (χ1v) is 8.84. The second kappa shape index (κ2) is 6.93. The Balaban J connectivity index is 1.65. The van der Waals surface area contributed by atoms with Crippen molar-refractivity contribution < 1.29 is 9.59 Å². The van der Waals surface area contributed by atoms with E-state index in [0.717, 1.165) is 44.3 Å². The van der Waals surface area contributed by atoms with Gasteiger partial charge in [-0.1, -0.05) is 29.8 Å². The monoisotopic (exact) mass is 329 g/mol. The molecule has 24 heavy (non-hydrogen) atoms. The Bertz CT molecular complexity index is 600. The molecule has 0 bridgehead atoms. The summed E-state index contributed by atoms with van der Waals surface area (Å²) in [5.41, 5.74) is 2.06. The second-order valence-electron chi connectivity index (χ2n) is 7.25. The number of aryl methyl sites for hydroxylation is 1. The Kier molecular flexibility index (Phi) is 4.90. The van der Waals surface area contributed by atoms with Gasteiger partial charge in [-0.05, 0) is 38.2 Å². The maximum atomic E-state index is 12.0. The third-order valence-corrected chi connectivity index (χ3v) is 5.04. The molecule has 1 aromatic rings. The number of piperidine rings is 1. The van der Waals surface area contributed by atoms with E-state index in [9.17, 15) is 9.59 Å². The van der Waals surface area contributed by atoms with Crippen LogP contribution in [0.2, 0.25) is 0 Å². The van der Waals surface area contributed by atoms with E-state index in [4.69, 9.17) is 0 Å². The average molecular weight is 329 g/mol. The third-order valence-electron chi connectivity index (χ3n) is 5.04. The van der Waals surface area contributed by atoms with E-state index in [1.54, 1.807) is 6.92 Å². The normalized spacial score (nSPS) is 20.4. The minimum Gasteiger partial charge on any atom is -0.352 e. The number of carbonyl (C=O) groups excluding carboxylic acids is 2. The van der Waals surface area contributed by atoms with Gasteiger partial charge in [0.25, 0.3) is 0 Å². The molecule has 3 rings (SSSR count). The summed E-state index contributed by atoms with van der Waals surface area (Å²) in [6, 6.07) is 8.82. The quantitative estimate of drug-likeness (QED) is 0.864. The van der Waals surface area contributed by atoms with Gasteiger partial charge >= 0.3 is 0 Å². The lowest BCUT2D eigenvalue weighted by Crippen LogP contribution is -2.53. The number of likely N-dealkylation sites (tertiary alicyclic amines) is 1. The summed E-state index contributed by atoms with van der Waals surface area (Å²) < 4.78 is 0. The molecule has 2 aliphatic rings. The van der Waals surface area contributed by atoms with Crippen LogP contribution in [0.25, 0.3) is 0 Å². The fourth-order valence-corrected chi connectivity index (χ4v) is 3.49. The van der Waals surface area contributed by atoms with Crippen molar-refractivity contribution in [2.75, 3.05) is 19.6 Å². The molecule has 1 saturated heterocycles. The predicted octanol–water partition coefficient (Wildman–Crippen LogP) is 1.70. The van der Waals surface area contributed by atoms with Crippen LogP contribution in [0.3, 0.4) is 0 Å². The van der Waals surface area contributed by atoms with Gasteiger partial charge in [-0.15, -0.1) is 0 Å². The first kappa shape index (κ1) is 17.0. The van der Waals surface area contributed by atoms with E-state index in [1.165, 1.54) is 5.56 Å². The largest absolute Gasteiger partial charge is 0.352 e. The molecule has 1 aliphatic carbocycles. The van der Waals surface area contributed by atoms with Crippen molar-refractivity contribution in [1.82, 2.24) is 15.5 Å². The van der Waals surface area contributed by atoms with Gasteiger partial charge in [0.05, 0.1) is 12.1 Å². The fourth-order valence-electron chi connectivity index (χ4n) is 3.49. The molecule has 2 fully saturated rings. The van der Waals surface area contributed by atoms with Crippen LogP contribution in [0.4, 0.5) is 0 Å². The van der Waals surface area contributed by atoms with Crippen LogP contribution in [0.5, 0.6) is 0 Å². The van der Waals surface area contributed by atoms with Crippen molar-refractivity contribution in [1.29, 1.82) is 0 Å². The summed E-state index contributed by atoms with van der Waals surface area (Å²) in [7, 11) is 0. The maximum absolute atomic E-state index is 12.0.